The van der Waals surface area contributed by atoms with Crippen LogP contribution in [0.25, 0.3) is 16.7 Å². The fraction of sp³-hybridized carbons (Fsp3) is 0.238. The van der Waals surface area contributed by atoms with Gasteiger partial charge in [0.05, 0.1) is 21.1 Å². The van der Waals surface area contributed by atoms with Crippen LogP contribution in [0.4, 0.5) is 0 Å². The van der Waals surface area contributed by atoms with E-state index in [-0.39, 0.29) is 5.56 Å². The number of thiophene rings is 1. The third-order valence-electron chi connectivity index (χ3n) is 5.02. The van der Waals surface area contributed by atoms with Gasteiger partial charge in [-0.1, -0.05) is 11.6 Å². The van der Waals surface area contributed by atoms with Gasteiger partial charge in [0.1, 0.15) is 18.2 Å². The molecule has 0 amide bonds. The Morgan fingerprint density at radius 1 is 1.21 bits per heavy atom. The summed E-state index contributed by atoms with van der Waals surface area (Å²) < 4.78 is 10.2. The number of aryl methyl sites for hydroxylation is 1. The van der Waals surface area contributed by atoms with Gasteiger partial charge < -0.3 is 9.30 Å². The van der Waals surface area contributed by atoms with Gasteiger partial charge in [-0.15, -0.1) is 11.3 Å². The lowest BCUT2D eigenvalue weighted by Crippen LogP contribution is -2.16. The van der Waals surface area contributed by atoms with Gasteiger partial charge in [-0.25, -0.2) is 4.98 Å². The van der Waals surface area contributed by atoms with Crippen LogP contribution in [-0.4, -0.2) is 14.1 Å². The summed E-state index contributed by atoms with van der Waals surface area (Å²) in [7, 11) is 2.04. The molecule has 1 aliphatic rings. The average Bonchev–Trinajstić information content (AvgIpc) is 3.37. The van der Waals surface area contributed by atoms with Crippen molar-refractivity contribution in [3.05, 3.63) is 74.1 Å². The maximum atomic E-state index is 12.6. The standard InChI is InChI=1S/C21H18ClN3O2S/c1-24-18-10-14(4-6-17(18)23-21(24)13-2-3-13)25-9-8-15(11-20(25)26)27-12-16-5-7-19(22)28-16/h4-11,13H,2-3,12H2,1H3. The minimum absolute atomic E-state index is 0.134. The second-order valence-corrected chi connectivity index (χ2v) is 8.84. The number of hydrogen-bond donors (Lipinski definition) is 0. The van der Waals surface area contributed by atoms with E-state index in [1.54, 1.807) is 16.8 Å². The maximum Gasteiger partial charge on any atom is 0.258 e. The van der Waals surface area contributed by atoms with E-state index in [2.05, 4.69) is 4.57 Å². The van der Waals surface area contributed by atoms with Gasteiger partial charge in [0, 0.05) is 30.1 Å². The van der Waals surface area contributed by atoms with E-state index in [0.29, 0.717) is 18.3 Å². The number of benzene rings is 1. The number of imidazole rings is 1. The zero-order chi connectivity index (χ0) is 19.3. The minimum Gasteiger partial charge on any atom is -0.488 e. The highest BCUT2D eigenvalue weighted by molar-refractivity contribution is 7.16. The summed E-state index contributed by atoms with van der Waals surface area (Å²) in [4.78, 5) is 18.4. The number of nitrogens with zero attached hydrogens (tertiary/aromatic N) is 3. The van der Waals surface area contributed by atoms with Crippen molar-refractivity contribution < 1.29 is 4.74 Å². The van der Waals surface area contributed by atoms with E-state index >= 15 is 0 Å². The maximum absolute atomic E-state index is 12.6. The first-order valence-corrected chi connectivity index (χ1v) is 10.3. The third-order valence-corrected chi connectivity index (χ3v) is 6.23. The molecule has 0 N–H and O–H groups in total. The fourth-order valence-electron chi connectivity index (χ4n) is 3.40. The normalized spacial score (nSPS) is 13.9. The van der Waals surface area contributed by atoms with Crippen molar-refractivity contribution in [3.8, 4) is 11.4 Å². The van der Waals surface area contributed by atoms with Crippen LogP contribution < -0.4 is 10.3 Å². The highest BCUT2D eigenvalue weighted by atomic mass is 35.5. The topological polar surface area (TPSA) is 49.0 Å². The Kier molecular flexibility index (Phi) is 4.25. The molecule has 1 saturated carbocycles. The molecule has 3 heterocycles. The fourth-order valence-corrected chi connectivity index (χ4v) is 4.40. The Balaban J connectivity index is 1.42. The van der Waals surface area contributed by atoms with Gasteiger partial charge in [-0.3, -0.25) is 9.36 Å². The first-order chi connectivity index (χ1) is 13.6. The number of pyridine rings is 1. The minimum atomic E-state index is -0.134. The molecule has 0 aliphatic heterocycles. The van der Waals surface area contributed by atoms with Gasteiger partial charge in [0.15, 0.2) is 0 Å². The molecule has 1 aromatic carbocycles. The Morgan fingerprint density at radius 2 is 2.07 bits per heavy atom. The molecule has 0 unspecified atom stereocenters. The van der Waals surface area contributed by atoms with E-state index in [0.717, 1.165) is 31.8 Å². The first-order valence-electron chi connectivity index (χ1n) is 9.15. The number of hydrogen-bond acceptors (Lipinski definition) is 4. The molecule has 3 aromatic heterocycles. The third kappa shape index (κ3) is 3.23. The van der Waals surface area contributed by atoms with Crippen molar-refractivity contribution in [1.29, 1.82) is 0 Å². The molecule has 1 fully saturated rings. The Labute approximate surface area is 170 Å². The molecule has 0 radical (unpaired) electrons. The average molecular weight is 412 g/mol. The summed E-state index contributed by atoms with van der Waals surface area (Å²) in [6, 6.07) is 13.0. The van der Waals surface area contributed by atoms with Crippen LogP contribution in [0.5, 0.6) is 5.75 Å². The van der Waals surface area contributed by atoms with Crippen molar-refractivity contribution in [2.24, 2.45) is 7.05 Å². The molecular formula is C21H18ClN3O2S. The number of ether oxygens (including phenoxy) is 1. The Bertz CT molecular complexity index is 1240. The van der Waals surface area contributed by atoms with Crippen LogP contribution in [0.1, 0.15) is 29.5 Å². The summed E-state index contributed by atoms with van der Waals surface area (Å²) in [5, 5.41) is 0. The summed E-state index contributed by atoms with van der Waals surface area (Å²) in [5.41, 5.74) is 2.70. The van der Waals surface area contributed by atoms with Crippen LogP contribution in [-0.2, 0) is 13.7 Å². The lowest BCUT2D eigenvalue weighted by molar-refractivity contribution is 0.309. The van der Waals surface area contributed by atoms with Crippen molar-refractivity contribution in [2.75, 3.05) is 0 Å². The lowest BCUT2D eigenvalue weighted by atomic mass is 10.2. The second kappa shape index (κ2) is 6.79. The van der Waals surface area contributed by atoms with Crippen LogP contribution in [0, 0.1) is 0 Å². The van der Waals surface area contributed by atoms with Crippen molar-refractivity contribution in [2.45, 2.75) is 25.4 Å². The molecule has 0 saturated heterocycles. The number of aromatic nitrogens is 3. The van der Waals surface area contributed by atoms with Gasteiger partial charge in [-0.2, -0.15) is 0 Å². The number of rotatable bonds is 5. The van der Waals surface area contributed by atoms with E-state index in [1.165, 1.54) is 30.2 Å². The molecule has 28 heavy (non-hydrogen) atoms. The van der Waals surface area contributed by atoms with Gasteiger partial charge in [-0.05, 0) is 49.2 Å². The smallest absolute Gasteiger partial charge is 0.258 e. The van der Waals surface area contributed by atoms with Crippen molar-refractivity contribution in [3.63, 3.8) is 0 Å². The first kappa shape index (κ1) is 17.5. The van der Waals surface area contributed by atoms with Crippen LogP contribution >= 0.6 is 22.9 Å². The molecular weight excluding hydrogens is 394 g/mol. The Morgan fingerprint density at radius 3 is 2.79 bits per heavy atom. The zero-order valence-electron chi connectivity index (χ0n) is 15.3. The molecule has 5 rings (SSSR count). The molecule has 0 bridgehead atoms. The largest absolute Gasteiger partial charge is 0.488 e. The summed E-state index contributed by atoms with van der Waals surface area (Å²) in [5.74, 6) is 2.26. The molecule has 1 aliphatic carbocycles. The van der Waals surface area contributed by atoms with Crippen LogP contribution in [0.3, 0.4) is 0 Å². The van der Waals surface area contributed by atoms with Gasteiger partial charge in [0.2, 0.25) is 0 Å². The van der Waals surface area contributed by atoms with Crippen molar-refractivity contribution >= 4 is 34.0 Å². The quantitative estimate of drug-likeness (QED) is 0.469. The highest BCUT2D eigenvalue weighted by Crippen LogP contribution is 2.40. The molecule has 142 valence electrons. The summed E-state index contributed by atoms with van der Waals surface area (Å²) in [6.45, 7) is 0.395. The van der Waals surface area contributed by atoms with Crippen LogP contribution in [0.15, 0.2) is 53.5 Å². The Hall–Kier alpha value is -2.57. The van der Waals surface area contributed by atoms with Gasteiger partial charge >= 0.3 is 0 Å². The summed E-state index contributed by atoms with van der Waals surface area (Å²) in [6.07, 6.45) is 4.17. The van der Waals surface area contributed by atoms with Gasteiger partial charge in [0.25, 0.3) is 5.56 Å². The van der Waals surface area contributed by atoms with Crippen molar-refractivity contribution in [1.82, 2.24) is 14.1 Å². The molecule has 5 nitrogen and oxygen atoms in total. The highest BCUT2D eigenvalue weighted by Gasteiger charge is 2.28. The lowest BCUT2D eigenvalue weighted by Gasteiger charge is -2.09. The molecule has 0 spiro atoms. The monoisotopic (exact) mass is 411 g/mol. The van der Waals surface area contributed by atoms with E-state index < -0.39 is 0 Å². The predicted molar refractivity (Wildman–Crippen MR) is 112 cm³/mol. The van der Waals surface area contributed by atoms with E-state index in [1.807, 2.05) is 37.4 Å². The van der Waals surface area contributed by atoms with Crippen LogP contribution in [0.2, 0.25) is 4.34 Å². The molecule has 4 aromatic rings. The predicted octanol–water partition coefficient (Wildman–Crippen LogP) is 4.90. The van der Waals surface area contributed by atoms with E-state index in [4.69, 9.17) is 21.3 Å². The number of fused-ring (bicyclic) bond motifs is 1. The molecule has 0 atom stereocenters. The SMILES string of the molecule is Cn1c(C2CC2)nc2ccc(-n3ccc(OCc4ccc(Cl)s4)cc3=O)cc21. The number of halogens is 1. The van der Waals surface area contributed by atoms with E-state index in [9.17, 15) is 4.79 Å². The molecule has 7 heteroatoms. The zero-order valence-corrected chi connectivity index (χ0v) is 16.8. The summed E-state index contributed by atoms with van der Waals surface area (Å²) >= 11 is 7.40. The second-order valence-electron chi connectivity index (χ2n) is 7.04.